The molecule has 19 heavy (non-hydrogen) atoms. The van der Waals surface area contributed by atoms with Crippen molar-refractivity contribution in [1.82, 2.24) is 4.90 Å². The summed E-state index contributed by atoms with van der Waals surface area (Å²) in [6.07, 6.45) is 6.69. The van der Waals surface area contributed by atoms with Crippen LogP contribution < -0.4 is 17.0 Å². The highest BCUT2D eigenvalue weighted by molar-refractivity contribution is 5.50. The van der Waals surface area contributed by atoms with Crippen molar-refractivity contribution in [2.45, 2.75) is 32.7 Å². The van der Waals surface area contributed by atoms with Crippen molar-refractivity contribution in [3.05, 3.63) is 35.4 Å². The summed E-state index contributed by atoms with van der Waals surface area (Å²) in [6.45, 7) is 6.88. The Labute approximate surface area is 126 Å². The Balaban J connectivity index is 0.00000133. The van der Waals surface area contributed by atoms with Gasteiger partial charge in [0.05, 0.1) is 6.54 Å². The lowest BCUT2D eigenvalue weighted by atomic mass is 9.85. The molecule has 0 atom stereocenters. The SMILES string of the molecule is Cc1ccc(C[N+]2=CN(CC3CCC3)CC2)cc1.[Br-]. The third kappa shape index (κ3) is 3.82. The van der Waals surface area contributed by atoms with E-state index < -0.39 is 0 Å². The minimum absolute atomic E-state index is 0. The molecule has 1 aliphatic heterocycles. The number of aryl methyl sites for hydroxylation is 1. The van der Waals surface area contributed by atoms with Gasteiger partial charge in [-0.25, -0.2) is 0 Å². The Morgan fingerprint density at radius 3 is 2.58 bits per heavy atom. The summed E-state index contributed by atoms with van der Waals surface area (Å²) in [4.78, 5) is 2.51. The second kappa shape index (κ2) is 6.56. The fourth-order valence-electron chi connectivity index (χ4n) is 2.80. The van der Waals surface area contributed by atoms with Crippen molar-refractivity contribution in [2.75, 3.05) is 19.6 Å². The first kappa shape index (κ1) is 14.6. The van der Waals surface area contributed by atoms with Gasteiger partial charge in [0.25, 0.3) is 0 Å². The number of rotatable bonds is 4. The Morgan fingerprint density at radius 1 is 1.21 bits per heavy atom. The Hall–Kier alpha value is -0.830. The molecule has 2 nitrogen and oxygen atoms in total. The van der Waals surface area contributed by atoms with Gasteiger partial charge in [0.15, 0.2) is 0 Å². The van der Waals surface area contributed by atoms with Crippen molar-refractivity contribution >= 4 is 6.34 Å². The Kier molecular flexibility index (Phi) is 5.03. The van der Waals surface area contributed by atoms with Crippen LogP contribution in [0.4, 0.5) is 0 Å². The second-order valence-corrected chi connectivity index (χ2v) is 5.86. The fourth-order valence-corrected chi connectivity index (χ4v) is 2.80. The largest absolute Gasteiger partial charge is 1.00 e. The third-order valence-electron chi connectivity index (χ3n) is 4.22. The van der Waals surface area contributed by atoms with Gasteiger partial charge in [0.1, 0.15) is 19.6 Å². The highest BCUT2D eigenvalue weighted by atomic mass is 79.9. The first-order valence-electron chi connectivity index (χ1n) is 7.18. The van der Waals surface area contributed by atoms with Gasteiger partial charge < -0.3 is 17.0 Å². The van der Waals surface area contributed by atoms with E-state index in [1.807, 2.05) is 0 Å². The standard InChI is InChI=1S/C16H23N2.BrH/c1-14-5-7-16(8-6-14)12-18-10-9-17(13-18)11-15-3-2-4-15;/h5-8,13,15H,2-4,9-12H2,1H3;1H/q+1;/p-1. The molecule has 0 N–H and O–H groups in total. The predicted molar refractivity (Wildman–Crippen MR) is 75.0 cm³/mol. The fraction of sp³-hybridized carbons (Fsp3) is 0.562. The van der Waals surface area contributed by atoms with Gasteiger partial charge in [0.2, 0.25) is 6.34 Å². The highest BCUT2D eigenvalue weighted by Crippen LogP contribution is 2.27. The molecule has 1 heterocycles. The van der Waals surface area contributed by atoms with Crippen LogP contribution in [0.15, 0.2) is 24.3 Å². The number of hydrogen-bond donors (Lipinski definition) is 0. The van der Waals surface area contributed by atoms with Crippen LogP contribution in [0.5, 0.6) is 0 Å². The maximum absolute atomic E-state index is 2.51. The lowest BCUT2D eigenvalue weighted by Gasteiger charge is -2.25. The predicted octanol–water partition coefficient (Wildman–Crippen LogP) is -0.344. The molecular formula is C16H23BrN2. The molecule has 1 aromatic carbocycles. The molecule has 0 aromatic heterocycles. The average molecular weight is 323 g/mol. The summed E-state index contributed by atoms with van der Waals surface area (Å²) in [5.41, 5.74) is 2.76. The van der Waals surface area contributed by atoms with Crippen molar-refractivity contribution in [1.29, 1.82) is 0 Å². The van der Waals surface area contributed by atoms with E-state index in [-0.39, 0.29) is 17.0 Å². The van der Waals surface area contributed by atoms with Crippen LogP contribution in [-0.4, -0.2) is 35.4 Å². The van der Waals surface area contributed by atoms with Crippen LogP contribution in [0, 0.1) is 12.8 Å². The van der Waals surface area contributed by atoms with Crippen molar-refractivity contribution < 1.29 is 21.6 Å². The van der Waals surface area contributed by atoms with Crippen LogP contribution in [0.1, 0.15) is 30.4 Å². The number of halogens is 1. The first-order chi connectivity index (χ1) is 8.79. The van der Waals surface area contributed by atoms with Gasteiger partial charge in [0, 0.05) is 0 Å². The summed E-state index contributed by atoms with van der Waals surface area (Å²) in [5, 5.41) is 0. The minimum atomic E-state index is 0. The normalized spacial score (nSPS) is 18.8. The maximum Gasteiger partial charge on any atom is 0.234 e. The van der Waals surface area contributed by atoms with Crippen LogP contribution >= 0.6 is 0 Å². The number of benzene rings is 1. The highest BCUT2D eigenvalue weighted by Gasteiger charge is 2.26. The summed E-state index contributed by atoms with van der Waals surface area (Å²) in [7, 11) is 0. The zero-order valence-electron chi connectivity index (χ0n) is 11.7. The van der Waals surface area contributed by atoms with Crippen LogP contribution in [0.3, 0.4) is 0 Å². The van der Waals surface area contributed by atoms with Gasteiger partial charge >= 0.3 is 0 Å². The van der Waals surface area contributed by atoms with Gasteiger partial charge in [-0.05, 0) is 31.2 Å². The molecule has 1 aliphatic carbocycles. The molecule has 0 radical (unpaired) electrons. The minimum Gasteiger partial charge on any atom is -1.00 e. The average Bonchev–Trinajstić information content (AvgIpc) is 2.75. The molecule has 2 aliphatic rings. The van der Waals surface area contributed by atoms with E-state index in [4.69, 9.17) is 0 Å². The van der Waals surface area contributed by atoms with Crippen LogP contribution in [0.25, 0.3) is 0 Å². The monoisotopic (exact) mass is 322 g/mol. The van der Waals surface area contributed by atoms with Crippen molar-refractivity contribution in [2.24, 2.45) is 5.92 Å². The van der Waals surface area contributed by atoms with E-state index in [1.165, 1.54) is 50.0 Å². The van der Waals surface area contributed by atoms with Gasteiger partial charge in [-0.3, -0.25) is 9.48 Å². The summed E-state index contributed by atoms with van der Waals surface area (Å²) >= 11 is 0. The second-order valence-electron chi connectivity index (χ2n) is 5.86. The lowest BCUT2D eigenvalue weighted by molar-refractivity contribution is -0.530. The molecule has 0 unspecified atom stereocenters. The zero-order valence-corrected chi connectivity index (χ0v) is 13.3. The van der Waals surface area contributed by atoms with Gasteiger partial charge in [-0.15, -0.1) is 0 Å². The summed E-state index contributed by atoms with van der Waals surface area (Å²) < 4.78 is 2.45. The molecule has 0 bridgehead atoms. The van der Waals surface area contributed by atoms with E-state index in [0.29, 0.717) is 0 Å². The Morgan fingerprint density at radius 2 is 1.95 bits per heavy atom. The third-order valence-corrected chi connectivity index (χ3v) is 4.22. The van der Waals surface area contributed by atoms with Crippen LogP contribution in [-0.2, 0) is 6.54 Å². The quantitative estimate of drug-likeness (QED) is 0.687. The molecule has 1 aromatic rings. The summed E-state index contributed by atoms with van der Waals surface area (Å²) in [6, 6.07) is 8.91. The summed E-state index contributed by atoms with van der Waals surface area (Å²) in [5.74, 6) is 0.973. The maximum atomic E-state index is 2.51. The topological polar surface area (TPSA) is 6.25 Å². The van der Waals surface area contributed by atoms with E-state index in [0.717, 1.165) is 12.5 Å². The van der Waals surface area contributed by atoms with E-state index in [1.54, 1.807) is 0 Å². The lowest BCUT2D eigenvalue weighted by Crippen LogP contribution is -3.00. The van der Waals surface area contributed by atoms with E-state index in [2.05, 4.69) is 47.0 Å². The van der Waals surface area contributed by atoms with E-state index in [9.17, 15) is 0 Å². The molecule has 104 valence electrons. The zero-order chi connectivity index (χ0) is 12.4. The van der Waals surface area contributed by atoms with Gasteiger partial charge in [-0.2, -0.15) is 0 Å². The molecule has 3 rings (SSSR count). The molecule has 0 amide bonds. The molecule has 0 spiro atoms. The molecular weight excluding hydrogens is 300 g/mol. The molecule has 1 saturated carbocycles. The van der Waals surface area contributed by atoms with E-state index >= 15 is 0 Å². The van der Waals surface area contributed by atoms with Crippen molar-refractivity contribution in [3.63, 3.8) is 0 Å². The molecule has 0 saturated heterocycles. The van der Waals surface area contributed by atoms with Gasteiger partial charge in [-0.1, -0.05) is 36.2 Å². The Bertz CT molecular complexity index is 435. The van der Waals surface area contributed by atoms with Crippen LogP contribution in [0.2, 0.25) is 0 Å². The molecule has 3 heteroatoms. The molecule has 1 fully saturated rings. The first-order valence-corrected chi connectivity index (χ1v) is 7.18. The smallest absolute Gasteiger partial charge is 0.234 e. The van der Waals surface area contributed by atoms with Crippen molar-refractivity contribution in [3.8, 4) is 0 Å². The number of nitrogens with zero attached hydrogens (tertiary/aromatic N) is 2. The number of hydrogen-bond acceptors (Lipinski definition) is 1.